The first kappa shape index (κ1) is 8.26. The van der Waals surface area contributed by atoms with Crippen molar-refractivity contribution in [1.82, 2.24) is 4.98 Å². The number of nitrogens with zero attached hydrogens (tertiary/aromatic N) is 1. The van der Waals surface area contributed by atoms with Crippen molar-refractivity contribution >= 4 is 18.1 Å². The maximum atomic E-state index is 5.50. The highest BCUT2D eigenvalue weighted by Crippen LogP contribution is 2.01. The maximum Gasteiger partial charge on any atom is 0.0794 e. The number of hydrogen-bond acceptors (Lipinski definition) is 4. The minimum absolute atomic E-state index is 0.616. The number of rotatable bonds is 1. The molecule has 1 aromatic rings. The Balaban J connectivity index is 0.000000291. The summed E-state index contributed by atoms with van der Waals surface area (Å²) in [7, 11) is 0. The van der Waals surface area contributed by atoms with E-state index in [0.717, 1.165) is 4.88 Å². The van der Waals surface area contributed by atoms with Crippen molar-refractivity contribution in [2.45, 2.75) is 6.54 Å². The topological polar surface area (TPSA) is 62.8 Å². The summed E-state index contributed by atoms with van der Waals surface area (Å²) in [5.74, 6) is 0. The zero-order valence-electron chi connectivity index (χ0n) is 5.00. The Labute approximate surface area is 58.1 Å². The molecule has 50 valence electrons. The second kappa shape index (κ2) is 5.40. The highest BCUT2D eigenvalue weighted by Gasteiger charge is 1.84. The molecule has 3 nitrogen and oxygen atoms in total. The Morgan fingerprint density at radius 1 is 1.78 bits per heavy atom. The minimum atomic E-state index is 0.616. The summed E-state index contributed by atoms with van der Waals surface area (Å²) in [5, 5.41) is 5.50. The van der Waals surface area contributed by atoms with Gasteiger partial charge in [-0.05, 0) is 6.72 Å². The predicted octanol–water partition coefficient (Wildman–Crippen LogP) is 0.868. The quantitative estimate of drug-likeness (QED) is 0.573. The first-order valence-corrected chi connectivity index (χ1v) is 3.24. The van der Waals surface area contributed by atoms with Crippen LogP contribution in [0.1, 0.15) is 4.88 Å². The standard InChI is InChI=1S/C4H6N2S.CH3N/c5-1-4-2-6-3-7-4;1-2/h2-3H,1,5H2;2H,1H2. The van der Waals surface area contributed by atoms with Gasteiger partial charge >= 0.3 is 0 Å². The van der Waals surface area contributed by atoms with Gasteiger partial charge in [0.15, 0.2) is 0 Å². The second-order valence-electron chi connectivity index (χ2n) is 1.17. The molecule has 0 saturated heterocycles. The fourth-order valence-corrected chi connectivity index (χ4v) is 0.818. The van der Waals surface area contributed by atoms with Crippen LogP contribution in [0.5, 0.6) is 0 Å². The van der Waals surface area contributed by atoms with Crippen LogP contribution < -0.4 is 5.73 Å². The molecule has 0 aliphatic rings. The van der Waals surface area contributed by atoms with Crippen LogP contribution in [0.4, 0.5) is 0 Å². The van der Waals surface area contributed by atoms with Crippen molar-refractivity contribution in [3.63, 3.8) is 0 Å². The van der Waals surface area contributed by atoms with Gasteiger partial charge in [-0.3, -0.25) is 4.98 Å². The molecule has 0 spiro atoms. The van der Waals surface area contributed by atoms with Crippen LogP contribution in [0.15, 0.2) is 11.7 Å². The maximum absolute atomic E-state index is 5.50. The first-order chi connectivity index (χ1) is 4.43. The summed E-state index contributed by atoms with van der Waals surface area (Å²) >= 11 is 1.59. The number of hydrogen-bond donors (Lipinski definition) is 2. The molecule has 0 saturated carbocycles. The molecule has 0 bridgehead atoms. The van der Waals surface area contributed by atoms with E-state index < -0.39 is 0 Å². The molecule has 0 atom stereocenters. The van der Waals surface area contributed by atoms with Gasteiger partial charge in [-0.2, -0.15) is 0 Å². The SMILES string of the molecule is C=N.NCc1cncs1. The van der Waals surface area contributed by atoms with Crippen LogP contribution in [0.2, 0.25) is 0 Å². The molecule has 0 unspecified atom stereocenters. The third kappa shape index (κ3) is 2.94. The van der Waals surface area contributed by atoms with Crippen LogP contribution in [0.3, 0.4) is 0 Å². The monoisotopic (exact) mass is 143 g/mol. The zero-order chi connectivity index (χ0) is 7.11. The smallest absolute Gasteiger partial charge is 0.0794 e. The first-order valence-electron chi connectivity index (χ1n) is 2.36. The summed E-state index contributed by atoms with van der Waals surface area (Å²) in [6.07, 6.45) is 1.78. The summed E-state index contributed by atoms with van der Waals surface area (Å²) in [5.41, 5.74) is 7.04. The Morgan fingerprint density at radius 3 is 2.67 bits per heavy atom. The van der Waals surface area contributed by atoms with Crippen LogP contribution in [0.25, 0.3) is 0 Å². The fourth-order valence-electron chi connectivity index (χ4n) is 0.343. The molecule has 0 radical (unpaired) electrons. The molecular weight excluding hydrogens is 134 g/mol. The summed E-state index contributed by atoms with van der Waals surface area (Å²) in [4.78, 5) is 4.97. The molecule has 9 heavy (non-hydrogen) atoms. The normalized spacial score (nSPS) is 7.67. The highest BCUT2D eigenvalue weighted by molar-refractivity contribution is 7.09. The highest BCUT2D eigenvalue weighted by atomic mass is 32.1. The van der Waals surface area contributed by atoms with Crippen molar-refractivity contribution in [2.75, 3.05) is 0 Å². The van der Waals surface area contributed by atoms with Gasteiger partial charge in [0.05, 0.1) is 5.51 Å². The molecule has 0 aromatic carbocycles. The fraction of sp³-hybridized carbons (Fsp3) is 0.200. The average Bonchev–Trinajstić information content (AvgIpc) is 2.43. The number of aromatic nitrogens is 1. The van der Waals surface area contributed by atoms with E-state index in [0.29, 0.717) is 6.54 Å². The van der Waals surface area contributed by atoms with Gasteiger partial charge in [0, 0.05) is 17.6 Å². The van der Waals surface area contributed by atoms with E-state index in [9.17, 15) is 0 Å². The van der Waals surface area contributed by atoms with Crippen molar-refractivity contribution in [3.8, 4) is 0 Å². The molecule has 1 rings (SSSR count). The van der Waals surface area contributed by atoms with E-state index in [1.54, 1.807) is 23.0 Å². The molecular formula is C5H9N3S. The van der Waals surface area contributed by atoms with Crippen LogP contribution in [-0.2, 0) is 6.54 Å². The molecule has 3 N–H and O–H groups in total. The van der Waals surface area contributed by atoms with E-state index >= 15 is 0 Å². The minimum Gasteiger partial charge on any atom is -0.326 e. The molecule has 1 aromatic heterocycles. The molecule has 0 amide bonds. The Morgan fingerprint density at radius 2 is 2.44 bits per heavy atom. The third-order valence-electron chi connectivity index (χ3n) is 0.685. The van der Waals surface area contributed by atoms with Crippen LogP contribution in [-0.4, -0.2) is 11.7 Å². The van der Waals surface area contributed by atoms with Crippen molar-refractivity contribution < 1.29 is 0 Å². The summed E-state index contributed by atoms with van der Waals surface area (Å²) in [6.45, 7) is 3.12. The molecule has 1 heterocycles. The van der Waals surface area contributed by atoms with Crippen molar-refractivity contribution in [1.29, 1.82) is 5.41 Å². The van der Waals surface area contributed by atoms with Gasteiger partial charge in [0.1, 0.15) is 0 Å². The van der Waals surface area contributed by atoms with Gasteiger partial charge in [0.25, 0.3) is 0 Å². The molecule has 0 aliphatic carbocycles. The number of nitrogens with one attached hydrogen (secondary N) is 1. The lowest BCUT2D eigenvalue weighted by Gasteiger charge is -1.77. The van der Waals surface area contributed by atoms with Crippen LogP contribution in [0, 0.1) is 5.41 Å². The largest absolute Gasteiger partial charge is 0.326 e. The molecule has 0 aliphatic heterocycles. The van der Waals surface area contributed by atoms with E-state index in [2.05, 4.69) is 11.7 Å². The lowest BCUT2D eigenvalue weighted by atomic mass is 10.6. The second-order valence-corrected chi connectivity index (χ2v) is 2.14. The number of nitrogens with two attached hydrogens (primary N) is 1. The van der Waals surface area contributed by atoms with Gasteiger partial charge in [-0.25, -0.2) is 0 Å². The van der Waals surface area contributed by atoms with Gasteiger partial charge in [0.2, 0.25) is 0 Å². The van der Waals surface area contributed by atoms with E-state index in [1.165, 1.54) is 0 Å². The summed E-state index contributed by atoms with van der Waals surface area (Å²) < 4.78 is 0. The Bertz CT molecular complexity index is 138. The number of thiazole rings is 1. The van der Waals surface area contributed by atoms with E-state index in [4.69, 9.17) is 11.1 Å². The van der Waals surface area contributed by atoms with Gasteiger partial charge in [-0.15, -0.1) is 11.3 Å². The van der Waals surface area contributed by atoms with Gasteiger partial charge < -0.3 is 11.1 Å². The van der Waals surface area contributed by atoms with E-state index in [-0.39, 0.29) is 0 Å². The van der Waals surface area contributed by atoms with Crippen LogP contribution >= 0.6 is 11.3 Å². The summed E-state index contributed by atoms with van der Waals surface area (Å²) in [6, 6.07) is 0. The zero-order valence-corrected chi connectivity index (χ0v) is 5.82. The Kier molecular flexibility index (Phi) is 4.95. The predicted molar refractivity (Wildman–Crippen MR) is 39.8 cm³/mol. The lowest BCUT2D eigenvalue weighted by Crippen LogP contribution is -1.91. The average molecular weight is 143 g/mol. The van der Waals surface area contributed by atoms with E-state index in [1.807, 2.05) is 0 Å². The molecule has 0 fully saturated rings. The molecule has 4 heteroatoms. The third-order valence-corrected chi connectivity index (χ3v) is 1.49. The van der Waals surface area contributed by atoms with Crippen molar-refractivity contribution in [2.24, 2.45) is 5.73 Å². The Hall–Kier alpha value is -0.740. The van der Waals surface area contributed by atoms with Crippen molar-refractivity contribution in [3.05, 3.63) is 16.6 Å². The lowest BCUT2D eigenvalue weighted by molar-refractivity contribution is 1.10. The van der Waals surface area contributed by atoms with Gasteiger partial charge in [-0.1, -0.05) is 0 Å².